The van der Waals surface area contributed by atoms with Gasteiger partial charge in [0.05, 0.1) is 50.2 Å². The van der Waals surface area contributed by atoms with Crippen LogP contribution in [0.5, 0.6) is 0 Å². The Balaban J connectivity index is 1.04. The van der Waals surface area contributed by atoms with Crippen LogP contribution in [0.2, 0.25) is 0 Å². The highest BCUT2D eigenvalue weighted by Gasteiger charge is 2.25. The van der Waals surface area contributed by atoms with Gasteiger partial charge in [0, 0.05) is 65.9 Å². The molecule has 16 aromatic rings. The van der Waals surface area contributed by atoms with Crippen molar-refractivity contribution >= 4 is 65.4 Å². The van der Waals surface area contributed by atoms with E-state index in [1.165, 1.54) is 65.5 Å². The third-order valence-electron chi connectivity index (χ3n) is 16.4. The lowest BCUT2D eigenvalue weighted by atomic mass is 9.90. The summed E-state index contributed by atoms with van der Waals surface area (Å²) >= 11 is 0. The molecule has 0 saturated heterocycles. The van der Waals surface area contributed by atoms with E-state index in [1.54, 1.807) is 0 Å². The van der Waals surface area contributed by atoms with Crippen molar-refractivity contribution in [2.24, 2.45) is 0 Å². The molecule has 4 heterocycles. The average molecular weight is 1030 g/mol. The number of para-hydroxylation sites is 5. The first-order valence-electron chi connectivity index (χ1n) is 27.8. The van der Waals surface area contributed by atoms with Gasteiger partial charge in [0.1, 0.15) is 0 Å². The van der Waals surface area contributed by atoms with Crippen LogP contribution in [-0.4, -0.2) is 18.7 Å². The Labute approximate surface area is 469 Å². The fraction of sp³-hybridized carbons (Fsp3) is 0. The summed E-state index contributed by atoms with van der Waals surface area (Å²) in [4.78, 5) is 5.64. The number of benzene rings is 12. The van der Waals surface area contributed by atoms with Gasteiger partial charge in [-0.1, -0.05) is 212 Å². The van der Waals surface area contributed by atoms with Gasteiger partial charge in [-0.25, -0.2) is 4.98 Å². The van der Waals surface area contributed by atoms with Gasteiger partial charge in [0.15, 0.2) is 0 Å². The number of hydrogen-bond donors (Lipinski definition) is 0. The molecule has 4 aromatic heterocycles. The standard InChI is InChI=1S/C77H50N4/c1-4-22-51(23-5-1)54-42-43-76-68(46-54)65-36-14-19-41-75(65)81(76)77-66(55-28-20-30-59(44-55)79-71-37-15-10-32-61(71)62-33-11-16-38-72(62)79)47-58(70-50-57(52-24-6-2-7-25-52)49-69(78-70)53-26-8-3-9-27-53)48-67(77)56-29-21-31-60(45-56)80-73-39-17-12-34-63(73)64-35-13-18-40-74(64)80/h1-50H. The van der Waals surface area contributed by atoms with Crippen molar-refractivity contribution in [3.63, 3.8) is 0 Å². The summed E-state index contributed by atoms with van der Waals surface area (Å²) in [6, 6.07) is 111. The lowest BCUT2D eigenvalue weighted by Crippen LogP contribution is -2.03. The molecule has 0 atom stereocenters. The minimum atomic E-state index is 0.885. The van der Waals surface area contributed by atoms with Gasteiger partial charge in [0.2, 0.25) is 0 Å². The molecule has 378 valence electrons. The third-order valence-corrected chi connectivity index (χ3v) is 16.4. The van der Waals surface area contributed by atoms with Crippen molar-refractivity contribution in [2.75, 3.05) is 0 Å². The van der Waals surface area contributed by atoms with Crippen LogP contribution in [0.15, 0.2) is 303 Å². The van der Waals surface area contributed by atoms with E-state index in [-0.39, 0.29) is 0 Å². The van der Waals surface area contributed by atoms with Crippen LogP contribution in [0.1, 0.15) is 0 Å². The number of hydrogen-bond acceptors (Lipinski definition) is 1. The van der Waals surface area contributed by atoms with Crippen molar-refractivity contribution in [1.29, 1.82) is 0 Å². The molecule has 4 heteroatoms. The topological polar surface area (TPSA) is 27.7 Å². The number of aromatic nitrogens is 4. The van der Waals surface area contributed by atoms with Crippen LogP contribution in [0.3, 0.4) is 0 Å². The summed E-state index contributed by atoms with van der Waals surface area (Å²) in [5, 5.41) is 7.29. The molecule has 0 unspecified atom stereocenters. The van der Waals surface area contributed by atoms with E-state index < -0.39 is 0 Å². The summed E-state index contributed by atoms with van der Waals surface area (Å²) in [6.45, 7) is 0. The summed E-state index contributed by atoms with van der Waals surface area (Å²) < 4.78 is 7.39. The minimum Gasteiger partial charge on any atom is -0.309 e. The number of rotatable bonds is 9. The second-order valence-electron chi connectivity index (χ2n) is 21.1. The Morgan fingerprint density at radius 1 is 0.198 bits per heavy atom. The molecule has 0 spiro atoms. The van der Waals surface area contributed by atoms with Crippen molar-refractivity contribution in [3.05, 3.63) is 303 Å². The maximum Gasteiger partial charge on any atom is 0.0716 e. The van der Waals surface area contributed by atoms with E-state index in [4.69, 9.17) is 4.98 Å². The monoisotopic (exact) mass is 1030 g/mol. The predicted octanol–water partition coefficient (Wildman–Crippen LogP) is 20.4. The zero-order valence-corrected chi connectivity index (χ0v) is 44.2. The zero-order chi connectivity index (χ0) is 53.4. The van der Waals surface area contributed by atoms with Crippen LogP contribution < -0.4 is 0 Å². The molecule has 0 aliphatic heterocycles. The van der Waals surface area contributed by atoms with Gasteiger partial charge in [-0.05, 0) is 124 Å². The van der Waals surface area contributed by atoms with E-state index in [1.807, 2.05) is 0 Å². The fourth-order valence-electron chi connectivity index (χ4n) is 12.7. The summed E-state index contributed by atoms with van der Waals surface area (Å²) in [5.74, 6) is 0. The van der Waals surface area contributed by atoms with Crippen LogP contribution in [0.25, 0.3) is 150 Å². The molecular weight excluding hydrogens is 981 g/mol. The number of pyridine rings is 1. The molecule has 12 aromatic carbocycles. The Bertz CT molecular complexity index is 4760. The van der Waals surface area contributed by atoms with E-state index in [0.29, 0.717) is 0 Å². The van der Waals surface area contributed by atoms with Gasteiger partial charge >= 0.3 is 0 Å². The average Bonchev–Trinajstić information content (AvgIpc) is 3.89. The first-order chi connectivity index (χ1) is 40.2. The van der Waals surface area contributed by atoms with Crippen LogP contribution in [0, 0.1) is 0 Å². The van der Waals surface area contributed by atoms with Crippen molar-refractivity contribution in [3.8, 4) is 84.1 Å². The van der Waals surface area contributed by atoms with E-state index >= 15 is 0 Å². The summed E-state index contributed by atoms with van der Waals surface area (Å²) in [6.07, 6.45) is 0. The molecule has 81 heavy (non-hydrogen) atoms. The highest BCUT2D eigenvalue weighted by molar-refractivity contribution is 6.13. The molecule has 0 radical (unpaired) electrons. The maximum absolute atomic E-state index is 5.64. The smallest absolute Gasteiger partial charge is 0.0716 e. The van der Waals surface area contributed by atoms with Gasteiger partial charge < -0.3 is 13.7 Å². The molecule has 0 amide bonds. The molecule has 0 saturated carbocycles. The summed E-state index contributed by atoms with van der Waals surface area (Å²) in [7, 11) is 0. The van der Waals surface area contributed by atoms with Gasteiger partial charge in [-0.15, -0.1) is 0 Å². The van der Waals surface area contributed by atoms with E-state index in [0.717, 1.165) is 84.0 Å². The molecule has 0 aliphatic carbocycles. The molecular formula is C77H50N4. The SMILES string of the molecule is c1ccc(-c2cc(-c3ccccc3)nc(-c3cc(-c4cccc(-n5c6ccccc6c6ccccc65)c4)c(-n4c5ccccc5c5cc(-c6ccccc6)ccc54)c(-c4cccc(-n5c6ccccc6c6ccccc65)c4)c3)c2)cc1. The summed E-state index contributed by atoms with van der Waals surface area (Å²) in [5.41, 5.74) is 23.0. The highest BCUT2D eigenvalue weighted by Crippen LogP contribution is 2.47. The van der Waals surface area contributed by atoms with Gasteiger partial charge in [0.25, 0.3) is 0 Å². The third kappa shape index (κ3) is 7.72. The molecule has 0 aliphatic rings. The minimum absolute atomic E-state index is 0.885. The zero-order valence-electron chi connectivity index (χ0n) is 44.2. The van der Waals surface area contributed by atoms with E-state index in [2.05, 4.69) is 317 Å². The molecule has 0 fully saturated rings. The van der Waals surface area contributed by atoms with Gasteiger partial charge in [-0.2, -0.15) is 0 Å². The van der Waals surface area contributed by atoms with Crippen molar-refractivity contribution in [2.45, 2.75) is 0 Å². The van der Waals surface area contributed by atoms with Crippen LogP contribution in [-0.2, 0) is 0 Å². The largest absolute Gasteiger partial charge is 0.309 e. The first-order valence-corrected chi connectivity index (χ1v) is 27.8. The molecule has 4 nitrogen and oxygen atoms in total. The second-order valence-corrected chi connectivity index (χ2v) is 21.1. The molecule has 16 rings (SSSR count). The molecule has 0 N–H and O–H groups in total. The highest BCUT2D eigenvalue weighted by atomic mass is 15.0. The van der Waals surface area contributed by atoms with Crippen molar-refractivity contribution < 1.29 is 0 Å². The Kier molecular flexibility index (Phi) is 10.8. The number of nitrogens with zero attached hydrogens (tertiary/aromatic N) is 4. The van der Waals surface area contributed by atoms with Crippen LogP contribution >= 0.6 is 0 Å². The first kappa shape index (κ1) is 46.3. The van der Waals surface area contributed by atoms with Crippen molar-refractivity contribution in [1.82, 2.24) is 18.7 Å². The Morgan fingerprint density at radius 3 is 1.02 bits per heavy atom. The van der Waals surface area contributed by atoms with Crippen LogP contribution in [0.4, 0.5) is 0 Å². The van der Waals surface area contributed by atoms with Gasteiger partial charge in [-0.3, -0.25) is 0 Å². The lowest BCUT2D eigenvalue weighted by molar-refractivity contribution is 1.16. The Hall–Kier alpha value is -10.8. The quantitative estimate of drug-likeness (QED) is 0.142. The second kappa shape index (κ2) is 19.0. The normalized spacial score (nSPS) is 11.7. The van der Waals surface area contributed by atoms with E-state index in [9.17, 15) is 0 Å². The fourth-order valence-corrected chi connectivity index (χ4v) is 12.7. The molecule has 0 bridgehead atoms. The maximum atomic E-state index is 5.64. The lowest BCUT2D eigenvalue weighted by Gasteiger charge is -2.22. The Morgan fingerprint density at radius 2 is 0.556 bits per heavy atom. The number of fused-ring (bicyclic) bond motifs is 9. The predicted molar refractivity (Wildman–Crippen MR) is 340 cm³/mol.